The zero-order valence-corrected chi connectivity index (χ0v) is 16.6. The van der Waals surface area contributed by atoms with Crippen LogP contribution in [-0.2, 0) is 10.1 Å². The Morgan fingerprint density at radius 3 is 2.16 bits per heavy atom. The third kappa shape index (κ3) is 4.01. The first-order valence-electron chi connectivity index (χ1n) is 8.54. The summed E-state index contributed by atoms with van der Waals surface area (Å²) < 4.78 is 33.6. The molecule has 31 heavy (non-hydrogen) atoms. The van der Waals surface area contributed by atoms with Gasteiger partial charge in [0.15, 0.2) is 5.78 Å². The lowest BCUT2D eigenvalue weighted by Gasteiger charge is -2.17. The monoisotopic (exact) mass is 445 g/mol. The second-order valence-corrected chi connectivity index (χ2v) is 7.87. The van der Waals surface area contributed by atoms with E-state index >= 15 is 0 Å². The van der Waals surface area contributed by atoms with Gasteiger partial charge in [-0.15, -0.1) is 0 Å². The number of carbonyl (C=O) groups excluding carboxylic acids is 2. The van der Waals surface area contributed by atoms with Crippen LogP contribution in [0.5, 0.6) is 5.75 Å². The normalized spacial score (nSPS) is 11.3. The molecule has 12 heteroatoms. The Hall–Kier alpha value is -4.03. The van der Waals surface area contributed by atoms with E-state index in [1.165, 1.54) is 25.1 Å². The molecule has 1 amide bonds. The van der Waals surface area contributed by atoms with Gasteiger partial charge in [-0.2, -0.15) is 8.42 Å². The summed E-state index contributed by atoms with van der Waals surface area (Å²) in [6.45, 7) is 1.28. The number of hydrogen-bond acceptors (Lipinski definition) is 8. The summed E-state index contributed by atoms with van der Waals surface area (Å²) in [5.41, 5.74) is 4.46. The van der Waals surface area contributed by atoms with Crippen LogP contribution in [0.3, 0.4) is 0 Å². The molecule has 0 aliphatic rings. The molecule has 0 bridgehead atoms. The highest BCUT2D eigenvalue weighted by atomic mass is 32.2. The second-order valence-electron chi connectivity index (χ2n) is 6.52. The highest BCUT2D eigenvalue weighted by Gasteiger charge is 2.27. The van der Waals surface area contributed by atoms with E-state index < -0.39 is 43.0 Å². The van der Waals surface area contributed by atoms with Gasteiger partial charge in [0, 0.05) is 34.0 Å². The third-order valence-corrected chi connectivity index (χ3v) is 5.45. The number of nitrogens with zero attached hydrogens (tertiary/aromatic N) is 1. The number of nitro groups is 1. The summed E-state index contributed by atoms with van der Waals surface area (Å²) >= 11 is 0. The number of amides is 1. The molecule has 5 N–H and O–H groups in total. The summed E-state index contributed by atoms with van der Waals surface area (Å²) in [7, 11) is -5.01. The average molecular weight is 445 g/mol. The van der Waals surface area contributed by atoms with E-state index in [9.17, 15) is 37.8 Å². The molecule has 0 aliphatic carbocycles. The van der Waals surface area contributed by atoms with E-state index in [1.54, 1.807) is 0 Å². The molecule has 0 radical (unpaired) electrons. The van der Waals surface area contributed by atoms with E-state index in [1.807, 2.05) is 0 Å². The van der Waals surface area contributed by atoms with Crippen LogP contribution in [-0.4, -0.2) is 34.7 Å². The van der Waals surface area contributed by atoms with Crippen molar-refractivity contribution in [1.29, 1.82) is 0 Å². The number of nitrogen functional groups attached to an aromatic ring is 1. The molecular weight excluding hydrogens is 430 g/mol. The molecule has 3 rings (SSSR count). The largest absolute Gasteiger partial charge is 0.505 e. The minimum Gasteiger partial charge on any atom is -0.505 e. The smallest absolute Gasteiger partial charge is 0.298 e. The highest BCUT2D eigenvalue weighted by molar-refractivity contribution is 7.86. The number of phenolic OH excluding ortho intramolecular Hbond substituents is 1. The van der Waals surface area contributed by atoms with Crippen molar-refractivity contribution in [3.8, 4) is 5.75 Å². The lowest BCUT2D eigenvalue weighted by atomic mass is 10.0. The molecule has 0 aromatic heterocycles. The number of carbonyl (C=O) groups is 2. The SMILES string of the molecule is CC(=O)c1ccc2c(NC(=O)c3ccc([N+](=O)[O-])cc3)c(S(=O)(=O)O)c(N)c(O)c2c1. The van der Waals surface area contributed by atoms with E-state index in [0.29, 0.717) is 0 Å². The van der Waals surface area contributed by atoms with Gasteiger partial charge in [-0.3, -0.25) is 24.3 Å². The number of rotatable bonds is 5. The van der Waals surface area contributed by atoms with Crippen molar-refractivity contribution < 1.29 is 32.6 Å². The molecular formula is C19H15N3O8S. The number of nitrogens with two attached hydrogens (primary N) is 1. The zero-order valence-electron chi connectivity index (χ0n) is 15.8. The predicted molar refractivity (Wildman–Crippen MR) is 111 cm³/mol. The van der Waals surface area contributed by atoms with Crippen LogP contribution in [0.25, 0.3) is 10.8 Å². The van der Waals surface area contributed by atoms with Crippen LogP contribution in [0.15, 0.2) is 47.4 Å². The van der Waals surface area contributed by atoms with Gasteiger partial charge in [0.1, 0.15) is 10.6 Å². The quantitative estimate of drug-likeness (QED) is 0.0869. The fourth-order valence-corrected chi connectivity index (χ4v) is 3.79. The number of anilines is 2. The first kappa shape index (κ1) is 21.7. The predicted octanol–water partition coefficient (Wildman–Crippen LogP) is 2.74. The van der Waals surface area contributed by atoms with Crippen molar-refractivity contribution in [2.45, 2.75) is 11.8 Å². The topological polar surface area (TPSA) is 190 Å². The standard InChI is InChI=1S/C19H15N3O8S/c1-9(23)11-4-7-13-14(8-11)17(24)15(20)18(31(28,29)30)16(13)21-19(25)10-2-5-12(6-3-10)22(26)27/h2-8,24H,20H2,1H3,(H,21,25)(H,28,29,30). The van der Waals surface area contributed by atoms with Crippen molar-refractivity contribution in [3.63, 3.8) is 0 Å². The maximum Gasteiger partial charge on any atom is 0.298 e. The summed E-state index contributed by atoms with van der Waals surface area (Å²) in [6.07, 6.45) is 0. The van der Waals surface area contributed by atoms with Crippen molar-refractivity contribution >= 4 is 49.6 Å². The van der Waals surface area contributed by atoms with Crippen LogP contribution in [0, 0.1) is 10.1 Å². The summed E-state index contributed by atoms with van der Waals surface area (Å²) in [6, 6.07) is 8.36. The molecule has 160 valence electrons. The maximum absolute atomic E-state index is 12.7. The molecule has 0 aliphatic heterocycles. The maximum atomic E-state index is 12.7. The molecule has 0 heterocycles. The van der Waals surface area contributed by atoms with Crippen molar-refractivity contribution in [1.82, 2.24) is 0 Å². The van der Waals surface area contributed by atoms with E-state index in [-0.39, 0.29) is 33.4 Å². The molecule has 0 atom stereocenters. The van der Waals surface area contributed by atoms with Gasteiger partial charge in [0.25, 0.3) is 21.7 Å². The lowest BCUT2D eigenvalue weighted by Crippen LogP contribution is -2.16. The van der Waals surface area contributed by atoms with Crippen molar-refractivity contribution in [2.24, 2.45) is 0 Å². The highest BCUT2D eigenvalue weighted by Crippen LogP contribution is 2.43. The number of ketones is 1. The van der Waals surface area contributed by atoms with Gasteiger partial charge in [-0.25, -0.2) is 0 Å². The molecule has 0 spiro atoms. The number of nitrogens with one attached hydrogen (secondary N) is 1. The number of benzene rings is 3. The van der Waals surface area contributed by atoms with Gasteiger partial charge in [0.2, 0.25) is 0 Å². The molecule has 3 aromatic carbocycles. The number of nitro benzene ring substituents is 1. The summed E-state index contributed by atoms with van der Waals surface area (Å²) in [5, 5.41) is 23.4. The van der Waals surface area contributed by atoms with Crippen LogP contribution in [0.4, 0.5) is 17.1 Å². The van der Waals surface area contributed by atoms with Crippen molar-refractivity contribution in [3.05, 3.63) is 63.7 Å². The number of non-ortho nitro benzene ring substituents is 1. The average Bonchev–Trinajstić information content (AvgIpc) is 2.70. The number of Topliss-reactive ketones (excluding diaryl/α,β-unsaturated/α-hetero) is 1. The Morgan fingerprint density at radius 1 is 1.06 bits per heavy atom. The first-order valence-corrected chi connectivity index (χ1v) is 9.98. The van der Waals surface area contributed by atoms with Gasteiger partial charge in [0.05, 0.1) is 16.3 Å². The molecule has 11 nitrogen and oxygen atoms in total. The molecule has 3 aromatic rings. The van der Waals surface area contributed by atoms with Gasteiger partial charge in [-0.05, 0) is 25.1 Å². The fourth-order valence-electron chi connectivity index (χ4n) is 3.00. The van der Waals surface area contributed by atoms with E-state index in [0.717, 1.165) is 24.3 Å². The van der Waals surface area contributed by atoms with Gasteiger partial charge < -0.3 is 16.2 Å². The molecule has 0 saturated carbocycles. The Bertz CT molecular complexity index is 1370. The van der Waals surface area contributed by atoms with Gasteiger partial charge in [-0.1, -0.05) is 12.1 Å². The molecule has 0 unspecified atom stereocenters. The van der Waals surface area contributed by atoms with Crippen LogP contribution in [0.1, 0.15) is 27.6 Å². The Kier molecular flexibility index (Phi) is 5.36. The van der Waals surface area contributed by atoms with Crippen LogP contribution >= 0.6 is 0 Å². The van der Waals surface area contributed by atoms with Crippen molar-refractivity contribution in [2.75, 3.05) is 11.1 Å². The first-order chi connectivity index (χ1) is 14.4. The van der Waals surface area contributed by atoms with Crippen LogP contribution in [0.2, 0.25) is 0 Å². The van der Waals surface area contributed by atoms with Crippen LogP contribution < -0.4 is 11.1 Å². The Morgan fingerprint density at radius 2 is 1.65 bits per heavy atom. The number of aromatic hydroxyl groups is 1. The number of phenols is 1. The minimum absolute atomic E-state index is 0.0143. The van der Waals surface area contributed by atoms with E-state index in [4.69, 9.17) is 5.73 Å². The minimum atomic E-state index is -5.01. The number of fused-ring (bicyclic) bond motifs is 1. The zero-order chi connectivity index (χ0) is 23.1. The van der Waals surface area contributed by atoms with Gasteiger partial charge >= 0.3 is 0 Å². The fraction of sp³-hybridized carbons (Fsp3) is 0.0526. The Balaban J connectivity index is 2.23. The second kappa shape index (κ2) is 7.66. The third-order valence-electron chi connectivity index (χ3n) is 4.51. The number of hydrogen-bond donors (Lipinski definition) is 4. The summed E-state index contributed by atoms with van der Waals surface area (Å²) in [5.74, 6) is -1.89. The Labute approximate surface area is 175 Å². The molecule has 0 saturated heterocycles. The molecule has 0 fully saturated rings. The van der Waals surface area contributed by atoms with E-state index in [2.05, 4.69) is 5.32 Å². The summed E-state index contributed by atoms with van der Waals surface area (Å²) in [4.78, 5) is 33.5. The lowest BCUT2D eigenvalue weighted by molar-refractivity contribution is -0.384.